The van der Waals surface area contributed by atoms with Gasteiger partial charge in [-0.1, -0.05) is 0 Å². The number of carbonyl (C=O) groups is 1. The Balaban J connectivity index is 2.27. The molecule has 2 rings (SSSR count). The number of hydrazone groups is 1. The molecule has 1 unspecified atom stereocenters. The van der Waals surface area contributed by atoms with Crippen molar-refractivity contribution >= 4 is 17.3 Å². The molecule has 0 saturated heterocycles. The molecule has 1 amide bonds. The summed E-state index contributed by atoms with van der Waals surface area (Å²) in [6, 6.07) is 5.18. The number of hydrogen-bond acceptors (Lipinski definition) is 5. The number of hydrogen-bond donors (Lipinski definition) is 1. The molecule has 0 bridgehead atoms. The Hall–Kier alpha value is -2.28. The third-order valence-electron chi connectivity index (χ3n) is 2.84. The van der Waals surface area contributed by atoms with Crippen molar-refractivity contribution in [3.63, 3.8) is 0 Å². The molecule has 1 heterocycles. The fourth-order valence-electron chi connectivity index (χ4n) is 1.99. The molecule has 1 aliphatic rings. The Morgan fingerprint density at radius 2 is 2.05 bits per heavy atom. The number of carbonyl (C=O) groups excluding carboxylic acids is 1. The number of nitro groups is 1. The van der Waals surface area contributed by atoms with E-state index in [4.69, 9.17) is 0 Å². The summed E-state index contributed by atoms with van der Waals surface area (Å²) in [7, 11) is 0. The number of aliphatic hydroxyl groups is 1. The Morgan fingerprint density at radius 3 is 2.47 bits per heavy atom. The van der Waals surface area contributed by atoms with E-state index >= 15 is 0 Å². The van der Waals surface area contributed by atoms with Crippen LogP contribution < -0.4 is 0 Å². The van der Waals surface area contributed by atoms with Gasteiger partial charge >= 0.3 is 0 Å². The van der Waals surface area contributed by atoms with E-state index in [1.165, 1.54) is 31.2 Å². The largest absolute Gasteiger partial charge is 0.369 e. The second-order valence-electron chi connectivity index (χ2n) is 4.65. The molecule has 1 aromatic rings. The van der Waals surface area contributed by atoms with Gasteiger partial charge in [0.1, 0.15) is 0 Å². The van der Waals surface area contributed by atoms with Crippen molar-refractivity contribution in [2.45, 2.75) is 26.0 Å². The summed E-state index contributed by atoms with van der Waals surface area (Å²) in [6.07, 6.45) is 0.283. The summed E-state index contributed by atoms with van der Waals surface area (Å²) in [4.78, 5) is 22.2. The predicted molar refractivity (Wildman–Crippen MR) is 67.6 cm³/mol. The molecule has 0 aliphatic carbocycles. The number of non-ortho nitro benzene ring substituents is 1. The lowest BCUT2D eigenvalue weighted by Gasteiger charge is -2.26. The first-order valence-corrected chi connectivity index (χ1v) is 5.67. The molecular weight excluding hydrogens is 250 g/mol. The highest BCUT2D eigenvalue weighted by atomic mass is 16.6. The molecule has 7 heteroatoms. The van der Waals surface area contributed by atoms with E-state index in [0.717, 1.165) is 5.01 Å². The maximum Gasteiger partial charge on any atom is 0.276 e. The fraction of sp³-hybridized carbons (Fsp3) is 0.333. The molecular formula is C12H13N3O4. The SMILES string of the molecule is CC1=NN(C(=O)c2ccc([N+](=O)[O-])cc2)C(C)(O)C1. The van der Waals surface area contributed by atoms with Gasteiger partial charge in [0.2, 0.25) is 0 Å². The van der Waals surface area contributed by atoms with Gasteiger partial charge in [-0.2, -0.15) is 10.1 Å². The molecule has 0 fully saturated rings. The van der Waals surface area contributed by atoms with Crippen LogP contribution in [0.3, 0.4) is 0 Å². The molecule has 7 nitrogen and oxygen atoms in total. The minimum atomic E-state index is -1.36. The second-order valence-corrected chi connectivity index (χ2v) is 4.65. The first-order valence-electron chi connectivity index (χ1n) is 5.67. The van der Waals surface area contributed by atoms with Gasteiger partial charge in [0.25, 0.3) is 11.6 Å². The van der Waals surface area contributed by atoms with Gasteiger partial charge in [-0.3, -0.25) is 14.9 Å². The lowest BCUT2D eigenvalue weighted by Crippen LogP contribution is -2.43. The average molecular weight is 263 g/mol. The van der Waals surface area contributed by atoms with Crippen LogP contribution in [0.5, 0.6) is 0 Å². The number of amides is 1. The molecule has 1 aromatic carbocycles. The third kappa shape index (κ3) is 2.45. The Labute approximate surface area is 109 Å². The third-order valence-corrected chi connectivity index (χ3v) is 2.84. The highest BCUT2D eigenvalue weighted by Crippen LogP contribution is 2.26. The van der Waals surface area contributed by atoms with Crippen LogP contribution in [0.25, 0.3) is 0 Å². The minimum Gasteiger partial charge on any atom is -0.369 e. The van der Waals surface area contributed by atoms with E-state index in [9.17, 15) is 20.0 Å². The summed E-state index contributed by atoms with van der Waals surface area (Å²) >= 11 is 0. The maximum absolute atomic E-state index is 12.2. The molecule has 0 spiro atoms. The number of benzene rings is 1. The quantitative estimate of drug-likeness (QED) is 0.646. The van der Waals surface area contributed by atoms with Crippen LogP contribution in [0.2, 0.25) is 0 Å². The maximum atomic E-state index is 12.2. The van der Waals surface area contributed by atoms with E-state index in [1.807, 2.05) is 0 Å². The van der Waals surface area contributed by atoms with E-state index in [1.54, 1.807) is 6.92 Å². The second kappa shape index (κ2) is 4.43. The van der Waals surface area contributed by atoms with E-state index in [2.05, 4.69) is 5.10 Å². The Kier molecular flexibility index (Phi) is 3.07. The van der Waals surface area contributed by atoms with Crippen molar-refractivity contribution in [2.24, 2.45) is 5.10 Å². The van der Waals surface area contributed by atoms with Gasteiger partial charge in [-0.15, -0.1) is 0 Å². The van der Waals surface area contributed by atoms with Crippen LogP contribution in [0.15, 0.2) is 29.4 Å². The fourth-order valence-corrected chi connectivity index (χ4v) is 1.99. The zero-order valence-corrected chi connectivity index (χ0v) is 10.5. The van der Waals surface area contributed by atoms with Crippen LogP contribution in [-0.2, 0) is 0 Å². The van der Waals surface area contributed by atoms with Crippen LogP contribution in [0.1, 0.15) is 30.6 Å². The highest BCUT2D eigenvalue weighted by Gasteiger charge is 2.39. The molecule has 1 aliphatic heterocycles. The van der Waals surface area contributed by atoms with Gasteiger partial charge in [-0.05, 0) is 26.0 Å². The molecule has 1 N–H and O–H groups in total. The first-order chi connectivity index (χ1) is 8.81. The standard InChI is InChI=1S/C12H13N3O4/c1-8-7-12(2,17)14(13-8)11(16)9-3-5-10(6-4-9)15(18)19/h3-6,17H,7H2,1-2H3. The Bertz CT molecular complexity index is 563. The summed E-state index contributed by atoms with van der Waals surface area (Å²) in [6.45, 7) is 3.22. The summed E-state index contributed by atoms with van der Waals surface area (Å²) in [5.41, 5.74) is -0.558. The number of nitrogens with zero attached hydrogens (tertiary/aromatic N) is 3. The molecule has 100 valence electrons. The number of nitro benzene ring substituents is 1. The van der Waals surface area contributed by atoms with E-state index in [0.29, 0.717) is 5.71 Å². The topological polar surface area (TPSA) is 96.0 Å². The van der Waals surface area contributed by atoms with Crippen LogP contribution in [-0.4, -0.2) is 32.4 Å². The molecule has 0 radical (unpaired) electrons. The van der Waals surface area contributed by atoms with Gasteiger partial charge in [0, 0.05) is 29.8 Å². The first kappa shape index (κ1) is 13.2. The van der Waals surface area contributed by atoms with Crippen LogP contribution in [0.4, 0.5) is 5.69 Å². The lowest BCUT2D eigenvalue weighted by molar-refractivity contribution is -0.384. The molecule has 19 heavy (non-hydrogen) atoms. The zero-order valence-electron chi connectivity index (χ0n) is 10.5. The van der Waals surface area contributed by atoms with Gasteiger partial charge in [-0.25, -0.2) is 0 Å². The Morgan fingerprint density at radius 1 is 1.47 bits per heavy atom. The molecule has 0 saturated carbocycles. The van der Waals surface area contributed by atoms with Gasteiger partial charge in [0.15, 0.2) is 5.72 Å². The van der Waals surface area contributed by atoms with Crippen LogP contribution in [0, 0.1) is 10.1 Å². The van der Waals surface area contributed by atoms with Gasteiger partial charge in [0.05, 0.1) is 4.92 Å². The van der Waals surface area contributed by atoms with Crippen molar-refractivity contribution in [3.8, 4) is 0 Å². The molecule has 1 atom stereocenters. The summed E-state index contributed by atoms with van der Waals surface area (Å²) in [5.74, 6) is -0.489. The summed E-state index contributed by atoms with van der Waals surface area (Å²) < 4.78 is 0. The highest BCUT2D eigenvalue weighted by molar-refractivity contribution is 5.97. The number of rotatable bonds is 2. The van der Waals surface area contributed by atoms with Crippen molar-refractivity contribution in [1.82, 2.24) is 5.01 Å². The average Bonchev–Trinajstić information content (AvgIpc) is 2.61. The normalized spacial score (nSPS) is 22.3. The van der Waals surface area contributed by atoms with E-state index < -0.39 is 16.6 Å². The van der Waals surface area contributed by atoms with Crippen molar-refractivity contribution < 1.29 is 14.8 Å². The predicted octanol–water partition coefficient (Wildman–Crippen LogP) is 1.53. The van der Waals surface area contributed by atoms with Crippen LogP contribution >= 0.6 is 0 Å². The minimum absolute atomic E-state index is 0.0931. The van der Waals surface area contributed by atoms with Gasteiger partial charge < -0.3 is 5.11 Å². The zero-order chi connectivity index (χ0) is 14.2. The monoisotopic (exact) mass is 263 g/mol. The lowest BCUT2D eigenvalue weighted by atomic mass is 10.1. The summed E-state index contributed by atoms with van der Waals surface area (Å²) in [5, 5.41) is 25.6. The smallest absolute Gasteiger partial charge is 0.276 e. The van der Waals surface area contributed by atoms with E-state index in [-0.39, 0.29) is 17.7 Å². The van der Waals surface area contributed by atoms with Crippen molar-refractivity contribution in [3.05, 3.63) is 39.9 Å². The molecule has 0 aromatic heterocycles. The van der Waals surface area contributed by atoms with Crippen molar-refractivity contribution in [2.75, 3.05) is 0 Å². The van der Waals surface area contributed by atoms with Crippen molar-refractivity contribution in [1.29, 1.82) is 0 Å².